The number of amides is 1. The van der Waals surface area contributed by atoms with Crippen LogP contribution in [0, 0.1) is 11.3 Å². The first-order valence-corrected chi connectivity index (χ1v) is 8.07. The molecule has 7 heteroatoms. The molecule has 2 aromatic heterocycles. The van der Waals surface area contributed by atoms with Gasteiger partial charge in [-0.25, -0.2) is 9.97 Å². The number of carbonyl (C=O) groups excluding carboxylic acids is 1. The lowest BCUT2D eigenvalue weighted by atomic mass is 10.2. The fraction of sp³-hybridized carbons (Fsp3) is 0.412. The van der Waals surface area contributed by atoms with E-state index in [2.05, 4.69) is 20.9 Å². The second-order valence-electron chi connectivity index (χ2n) is 5.84. The molecule has 7 nitrogen and oxygen atoms in total. The minimum Gasteiger partial charge on any atom is -0.354 e. The lowest BCUT2D eigenvalue weighted by Gasteiger charge is -2.25. The molecule has 3 heterocycles. The number of nitriles is 1. The molecule has 0 N–H and O–H groups in total. The number of nitrogens with zero attached hydrogens (tertiary/aromatic N) is 6. The van der Waals surface area contributed by atoms with E-state index in [1.165, 1.54) is 0 Å². The number of rotatable bonds is 3. The molecule has 24 heavy (non-hydrogen) atoms. The number of imidazole rings is 1. The maximum Gasteiger partial charge on any atom is 0.245 e. The number of hydrogen-bond donors (Lipinski definition) is 0. The van der Waals surface area contributed by atoms with Crippen LogP contribution in [0.15, 0.2) is 37.1 Å². The van der Waals surface area contributed by atoms with Crippen molar-refractivity contribution in [2.75, 3.05) is 31.1 Å². The van der Waals surface area contributed by atoms with Crippen molar-refractivity contribution in [3.63, 3.8) is 0 Å². The van der Waals surface area contributed by atoms with Gasteiger partial charge in [-0.15, -0.1) is 0 Å². The summed E-state index contributed by atoms with van der Waals surface area (Å²) in [6, 6.07) is 5.47. The minimum absolute atomic E-state index is 0.0939. The highest BCUT2D eigenvalue weighted by atomic mass is 16.2. The number of aromatic nitrogens is 3. The number of anilines is 1. The zero-order valence-electron chi connectivity index (χ0n) is 13.7. The highest BCUT2D eigenvalue weighted by Crippen LogP contribution is 2.19. The van der Waals surface area contributed by atoms with Crippen LogP contribution in [0.4, 0.5) is 5.82 Å². The van der Waals surface area contributed by atoms with E-state index in [1.54, 1.807) is 37.1 Å². The van der Waals surface area contributed by atoms with Crippen LogP contribution in [-0.2, 0) is 4.79 Å². The van der Waals surface area contributed by atoms with Crippen LogP contribution in [0.2, 0.25) is 0 Å². The van der Waals surface area contributed by atoms with Gasteiger partial charge < -0.3 is 14.4 Å². The summed E-state index contributed by atoms with van der Waals surface area (Å²) in [6.07, 6.45) is 7.70. The number of hydrogen-bond acceptors (Lipinski definition) is 5. The third kappa shape index (κ3) is 3.23. The fourth-order valence-corrected chi connectivity index (χ4v) is 2.98. The van der Waals surface area contributed by atoms with Crippen LogP contribution in [0.1, 0.15) is 24.9 Å². The lowest BCUT2D eigenvalue weighted by Crippen LogP contribution is -2.39. The molecule has 1 saturated heterocycles. The van der Waals surface area contributed by atoms with Gasteiger partial charge in [0, 0.05) is 44.8 Å². The second-order valence-corrected chi connectivity index (χ2v) is 5.84. The van der Waals surface area contributed by atoms with Crippen molar-refractivity contribution in [2.45, 2.75) is 19.4 Å². The zero-order valence-corrected chi connectivity index (χ0v) is 13.7. The van der Waals surface area contributed by atoms with Crippen LogP contribution in [0.3, 0.4) is 0 Å². The molecule has 0 aromatic carbocycles. The lowest BCUT2D eigenvalue weighted by molar-refractivity contribution is -0.134. The van der Waals surface area contributed by atoms with Gasteiger partial charge in [-0.05, 0) is 25.5 Å². The van der Waals surface area contributed by atoms with E-state index in [0.717, 1.165) is 13.0 Å². The van der Waals surface area contributed by atoms with Crippen molar-refractivity contribution < 1.29 is 4.79 Å². The molecule has 1 aliphatic rings. The fourth-order valence-electron chi connectivity index (χ4n) is 2.98. The summed E-state index contributed by atoms with van der Waals surface area (Å²) >= 11 is 0. The van der Waals surface area contributed by atoms with Gasteiger partial charge in [-0.2, -0.15) is 5.26 Å². The topological polar surface area (TPSA) is 78.0 Å². The van der Waals surface area contributed by atoms with Gasteiger partial charge in [0.2, 0.25) is 5.91 Å². The van der Waals surface area contributed by atoms with Gasteiger partial charge in [0.05, 0.1) is 11.9 Å². The molecule has 0 saturated carbocycles. The van der Waals surface area contributed by atoms with E-state index >= 15 is 0 Å². The first-order valence-electron chi connectivity index (χ1n) is 8.07. The van der Waals surface area contributed by atoms with Crippen molar-refractivity contribution in [3.05, 3.63) is 42.6 Å². The van der Waals surface area contributed by atoms with Gasteiger partial charge in [-0.1, -0.05) is 0 Å². The van der Waals surface area contributed by atoms with E-state index < -0.39 is 0 Å². The average Bonchev–Trinajstić information content (AvgIpc) is 3.05. The molecule has 1 aliphatic heterocycles. The first kappa shape index (κ1) is 16.0. The van der Waals surface area contributed by atoms with E-state index in [-0.39, 0.29) is 11.9 Å². The Kier molecular flexibility index (Phi) is 4.75. The van der Waals surface area contributed by atoms with Crippen LogP contribution in [0.25, 0.3) is 0 Å². The third-order valence-corrected chi connectivity index (χ3v) is 4.34. The van der Waals surface area contributed by atoms with E-state index in [9.17, 15) is 10.1 Å². The summed E-state index contributed by atoms with van der Waals surface area (Å²) < 4.78 is 1.82. The Morgan fingerprint density at radius 1 is 1.29 bits per heavy atom. The molecular weight excluding hydrogens is 304 g/mol. The minimum atomic E-state index is -0.261. The molecule has 2 aromatic rings. The van der Waals surface area contributed by atoms with Gasteiger partial charge >= 0.3 is 0 Å². The standard InChI is InChI=1S/C17H20N6O/c1-14(23-9-6-19-13-23)17(24)22-8-3-7-21(10-11-22)16-15(12-18)4-2-5-20-16/h2,4-6,9,13-14H,3,7-8,10-11H2,1H3/t14-/m0/s1. The summed E-state index contributed by atoms with van der Waals surface area (Å²) in [5.74, 6) is 0.799. The predicted molar refractivity (Wildman–Crippen MR) is 89.3 cm³/mol. The molecule has 0 unspecified atom stereocenters. The Bertz CT molecular complexity index is 736. The van der Waals surface area contributed by atoms with E-state index in [0.29, 0.717) is 31.0 Å². The van der Waals surface area contributed by atoms with Gasteiger partial charge in [0.1, 0.15) is 17.9 Å². The highest BCUT2D eigenvalue weighted by molar-refractivity contribution is 5.80. The normalized spacial score (nSPS) is 16.3. The molecular formula is C17H20N6O. The summed E-state index contributed by atoms with van der Waals surface area (Å²) in [6.45, 7) is 4.69. The highest BCUT2D eigenvalue weighted by Gasteiger charge is 2.25. The van der Waals surface area contributed by atoms with E-state index in [1.807, 2.05) is 16.4 Å². The second kappa shape index (κ2) is 7.13. The summed E-state index contributed by atoms with van der Waals surface area (Å²) in [7, 11) is 0. The average molecular weight is 324 g/mol. The molecule has 0 spiro atoms. The summed E-state index contributed by atoms with van der Waals surface area (Å²) in [4.78, 5) is 25.0. The Morgan fingerprint density at radius 2 is 2.17 bits per heavy atom. The zero-order chi connectivity index (χ0) is 16.9. The van der Waals surface area contributed by atoms with Crippen molar-refractivity contribution in [1.82, 2.24) is 19.4 Å². The molecule has 1 fully saturated rings. The maximum absolute atomic E-state index is 12.7. The number of pyridine rings is 1. The first-order chi connectivity index (χ1) is 11.7. The van der Waals surface area contributed by atoms with Gasteiger partial charge in [-0.3, -0.25) is 4.79 Å². The SMILES string of the molecule is C[C@@H](C(=O)N1CCCN(c2ncccc2C#N)CC1)n1ccnc1. The number of carbonyl (C=O) groups is 1. The van der Waals surface area contributed by atoms with Crippen molar-refractivity contribution in [1.29, 1.82) is 5.26 Å². The van der Waals surface area contributed by atoms with Crippen LogP contribution < -0.4 is 4.90 Å². The molecule has 1 atom stereocenters. The monoisotopic (exact) mass is 324 g/mol. The van der Waals surface area contributed by atoms with Gasteiger partial charge in [0.25, 0.3) is 0 Å². The molecule has 3 rings (SSSR count). The van der Waals surface area contributed by atoms with Crippen LogP contribution in [0.5, 0.6) is 0 Å². The molecule has 0 aliphatic carbocycles. The summed E-state index contributed by atoms with van der Waals surface area (Å²) in [5.41, 5.74) is 0.573. The summed E-state index contributed by atoms with van der Waals surface area (Å²) in [5, 5.41) is 9.25. The van der Waals surface area contributed by atoms with Crippen LogP contribution in [-0.4, -0.2) is 51.5 Å². The van der Waals surface area contributed by atoms with Crippen LogP contribution >= 0.6 is 0 Å². The quantitative estimate of drug-likeness (QED) is 0.854. The Labute approximate surface area is 141 Å². The predicted octanol–water partition coefficient (Wildman–Crippen LogP) is 1.45. The van der Waals surface area contributed by atoms with Gasteiger partial charge in [0.15, 0.2) is 0 Å². The Hall–Kier alpha value is -2.88. The van der Waals surface area contributed by atoms with E-state index in [4.69, 9.17) is 0 Å². The smallest absolute Gasteiger partial charge is 0.245 e. The van der Waals surface area contributed by atoms with Crippen molar-refractivity contribution in [3.8, 4) is 6.07 Å². The molecule has 0 bridgehead atoms. The van der Waals surface area contributed by atoms with Crippen molar-refractivity contribution >= 4 is 11.7 Å². The molecule has 1 amide bonds. The Balaban J connectivity index is 1.69. The maximum atomic E-state index is 12.7. The Morgan fingerprint density at radius 3 is 2.92 bits per heavy atom. The van der Waals surface area contributed by atoms with Crippen molar-refractivity contribution in [2.24, 2.45) is 0 Å². The molecule has 0 radical (unpaired) electrons. The third-order valence-electron chi connectivity index (χ3n) is 4.34. The largest absolute Gasteiger partial charge is 0.354 e. The molecule has 124 valence electrons.